The highest BCUT2D eigenvalue weighted by atomic mass is 16.2. The number of piperidine rings is 1. The zero-order chi connectivity index (χ0) is 14.7. The molecule has 0 bridgehead atoms. The van der Waals surface area contributed by atoms with Crippen molar-refractivity contribution in [3.8, 4) is 0 Å². The Morgan fingerprint density at radius 2 is 2.00 bits per heavy atom. The standard InChI is InChI=1S/C15H22N4O2/c20-14-10-12(2-6-16-14)11-18-8-3-13(4-9-18)19-7-1-5-17-15(19)21/h2,6,10,13H,1,3-5,7-9,11H2,(H,16,20)(H,17,21). The van der Waals surface area contributed by atoms with Crippen LogP contribution in [0.2, 0.25) is 0 Å². The van der Waals surface area contributed by atoms with Crippen LogP contribution < -0.4 is 10.9 Å². The molecule has 21 heavy (non-hydrogen) atoms. The van der Waals surface area contributed by atoms with Gasteiger partial charge in [-0.25, -0.2) is 4.79 Å². The molecule has 2 N–H and O–H groups in total. The van der Waals surface area contributed by atoms with E-state index in [9.17, 15) is 9.59 Å². The number of pyridine rings is 1. The van der Waals surface area contributed by atoms with E-state index in [1.165, 1.54) is 0 Å². The lowest BCUT2D eigenvalue weighted by Crippen LogP contribution is -2.54. The molecule has 1 aromatic heterocycles. The molecule has 114 valence electrons. The lowest BCUT2D eigenvalue weighted by molar-refractivity contribution is 0.109. The number of carbonyl (C=O) groups excluding carboxylic acids is 1. The Balaban J connectivity index is 1.53. The maximum absolute atomic E-state index is 11.9. The highest BCUT2D eigenvalue weighted by Gasteiger charge is 2.29. The van der Waals surface area contributed by atoms with Gasteiger partial charge in [0.15, 0.2) is 0 Å². The van der Waals surface area contributed by atoms with Crippen LogP contribution in [-0.2, 0) is 6.54 Å². The van der Waals surface area contributed by atoms with Crippen molar-refractivity contribution in [3.05, 3.63) is 34.2 Å². The van der Waals surface area contributed by atoms with E-state index in [1.54, 1.807) is 12.3 Å². The Labute approximate surface area is 124 Å². The normalized spacial score (nSPS) is 21.3. The number of carbonyl (C=O) groups is 1. The first kappa shape index (κ1) is 14.1. The largest absolute Gasteiger partial charge is 0.338 e. The first-order valence-electron chi connectivity index (χ1n) is 7.67. The SMILES string of the molecule is O=C1NCCCN1C1CCN(Cc2cc[nH]c(=O)c2)CC1. The number of likely N-dealkylation sites (tertiary alicyclic amines) is 1. The van der Waals surface area contributed by atoms with E-state index in [4.69, 9.17) is 0 Å². The smallest absolute Gasteiger partial charge is 0.317 e. The molecule has 0 spiro atoms. The number of amides is 2. The number of aromatic amines is 1. The van der Waals surface area contributed by atoms with Gasteiger partial charge in [0.1, 0.15) is 0 Å². The van der Waals surface area contributed by atoms with Crippen molar-refractivity contribution >= 4 is 6.03 Å². The van der Waals surface area contributed by atoms with Gasteiger partial charge in [-0.05, 0) is 30.9 Å². The van der Waals surface area contributed by atoms with E-state index < -0.39 is 0 Å². The van der Waals surface area contributed by atoms with Gasteiger partial charge < -0.3 is 15.2 Å². The van der Waals surface area contributed by atoms with Crippen LogP contribution in [0.3, 0.4) is 0 Å². The number of urea groups is 1. The molecule has 0 aliphatic carbocycles. The average Bonchev–Trinajstić information content (AvgIpc) is 2.49. The summed E-state index contributed by atoms with van der Waals surface area (Å²) >= 11 is 0. The van der Waals surface area contributed by atoms with E-state index in [0.29, 0.717) is 6.04 Å². The summed E-state index contributed by atoms with van der Waals surface area (Å²) in [5, 5.41) is 2.92. The van der Waals surface area contributed by atoms with Crippen molar-refractivity contribution in [2.75, 3.05) is 26.2 Å². The monoisotopic (exact) mass is 290 g/mol. The third-order valence-corrected chi connectivity index (χ3v) is 4.36. The number of rotatable bonds is 3. The zero-order valence-corrected chi connectivity index (χ0v) is 12.2. The van der Waals surface area contributed by atoms with Gasteiger partial charge in [0, 0.05) is 51.0 Å². The molecule has 0 aromatic carbocycles. The van der Waals surface area contributed by atoms with Crippen molar-refractivity contribution in [1.82, 2.24) is 20.1 Å². The molecule has 2 saturated heterocycles. The van der Waals surface area contributed by atoms with Crippen molar-refractivity contribution in [2.45, 2.75) is 31.8 Å². The second-order valence-electron chi connectivity index (χ2n) is 5.85. The van der Waals surface area contributed by atoms with Gasteiger partial charge in [-0.2, -0.15) is 0 Å². The summed E-state index contributed by atoms with van der Waals surface area (Å²) in [6, 6.07) is 4.06. The van der Waals surface area contributed by atoms with Gasteiger partial charge in [-0.15, -0.1) is 0 Å². The lowest BCUT2D eigenvalue weighted by Gasteiger charge is -2.40. The molecule has 3 heterocycles. The third-order valence-electron chi connectivity index (χ3n) is 4.36. The van der Waals surface area contributed by atoms with Crippen LogP contribution in [-0.4, -0.2) is 53.0 Å². The van der Waals surface area contributed by atoms with E-state index >= 15 is 0 Å². The molecule has 0 saturated carbocycles. The molecule has 6 heteroatoms. The molecule has 0 atom stereocenters. The van der Waals surface area contributed by atoms with Gasteiger partial charge in [0.2, 0.25) is 5.56 Å². The molecule has 2 aliphatic rings. The molecular formula is C15H22N4O2. The van der Waals surface area contributed by atoms with Crippen molar-refractivity contribution in [3.63, 3.8) is 0 Å². The fourth-order valence-electron chi connectivity index (χ4n) is 3.23. The van der Waals surface area contributed by atoms with Gasteiger partial charge in [-0.1, -0.05) is 0 Å². The maximum Gasteiger partial charge on any atom is 0.317 e. The highest BCUT2D eigenvalue weighted by molar-refractivity contribution is 5.75. The molecule has 2 aliphatic heterocycles. The van der Waals surface area contributed by atoms with Gasteiger partial charge >= 0.3 is 6.03 Å². The fraction of sp³-hybridized carbons (Fsp3) is 0.600. The molecule has 6 nitrogen and oxygen atoms in total. The van der Waals surface area contributed by atoms with Gasteiger partial charge in [-0.3, -0.25) is 9.69 Å². The van der Waals surface area contributed by atoms with E-state index in [2.05, 4.69) is 15.2 Å². The predicted octanol–water partition coefficient (Wildman–Crippen LogP) is 0.755. The molecule has 1 aromatic rings. The van der Waals surface area contributed by atoms with Crippen molar-refractivity contribution < 1.29 is 4.79 Å². The second-order valence-corrected chi connectivity index (χ2v) is 5.85. The number of hydrogen-bond donors (Lipinski definition) is 2. The summed E-state index contributed by atoms with van der Waals surface area (Å²) in [4.78, 5) is 30.2. The number of aromatic nitrogens is 1. The van der Waals surface area contributed by atoms with Crippen LogP contribution in [0.1, 0.15) is 24.8 Å². The Bertz CT molecular complexity index is 549. The minimum absolute atomic E-state index is 0.0487. The van der Waals surface area contributed by atoms with E-state index in [1.807, 2.05) is 11.0 Å². The first-order chi connectivity index (χ1) is 10.2. The fourth-order valence-corrected chi connectivity index (χ4v) is 3.23. The number of nitrogens with zero attached hydrogens (tertiary/aromatic N) is 2. The molecule has 3 rings (SSSR count). The molecular weight excluding hydrogens is 268 g/mol. The average molecular weight is 290 g/mol. The molecule has 0 unspecified atom stereocenters. The quantitative estimate of drug-likeness (QED) is 0.863. The summed E-state index contributed by atoms with van der Waals surface area (Å²) in [6.07, 6.45) is 4.76. The lowest BCUT2D eigenvalue weighted by atomic mass is 10.0. The summed E-state index contributed by atoms with van der Waals surface area (Å²) in [6.45, 7) is 4.44. The minimum Gasteiger partial charge on any atom is -0.338 e. The number of H-pyrrole nitrogens is 1. The number of nitrogens with one attached hydrogen (secondary N) is 2. The Hall–Kier alpha value is -1.82. The summed E-state index contributed by atoms with van der Waals surface area (Å²) in [5.41, 5.74) is 1.00. The Kier molecular flexibility index (Phi) is 4.24. The zero-order valence-electron chi connectivity index (χ0n) is 12.2. The topological polar surface area (TPSA) is 68.4 Å². The Morgan fingerprint density at radius 3 is 2.71 bits per heavy atom. The first-order valence-corrected chi connectivity index (χ1v) is 7.67. The molecule has 0 radical (unpaired) electrons. The van der Waals surface area contributed by atoms with Crippen LogP contribution in [0.4, 0.5) is 4.79 Å². The third kappa shape index (κ3) is 3.44. The second kappa shape index (κ2) is 6.30. The summed E-state index contributed by atoms with van der Waals surface area (Å²) in [5.74, 6) is 0. The minimum atomic E-state index is -0.0487. The van der Waals surface area contributed by atoms with Crippen molar-refractivity contribution in [2.24, 2.45) is 0 Å². The highest BCUT2D eigenvalue weighted by Crippen LogP contribution is 2.19. The van der Waals surface area contributed by atoms with Crippen LogP contribution >= 0.6 is 0 Å². The molecule has 2 amide bonds. The van der Waals surface area contributed by atoms with Crippen LogP contribution in [0.15, 0.2) is 23.1 Å². The van der Waals surface area contributed by atoms with Gasteiger partial charge in [0.25, 0.3) is 0 Å². The predicted molar refractivity (Wildman–Crippen MR) is 80.1 cm³/mol. The van der Waals surface area contributed by atoms with Crippen LogP contribution in [0.5, 0.6) is 0 Å². The van der Waals surface area contributed by atoms with E-state index in [0.717, 1.165) is 57.5 Å². The van der Waals surface area contributed by atoms with Crippen LogP contribution in [0, 0.1) is 0 Å². The van der Waals surface area contributed by atoms with Crippen molar-refractivity contribution in [1.29, 1.82) is 0 Å². The Morgan fingerprint density at radius 1 is 1.19 bits per heavy atom. The van der Waals surface area contributed by atoms with E-state index in [-0.39, 0.29) is 11.6 Å². The summed E-state index contributed by atoms with van der Waals surface area (Å²) < 4.78 is 0. The number of hydrogen-bond acceptors (Lipinski definition) is 3. The van der Waals surface area contributed by atoms with Crippen LogP contribution in [0.25, 0.3) is 0 Å². The molecule has 2 fully saturated rings. The van der Waals surface area contributed by atoms with Gasteiger partial charge in [0.05, 0.1) is 0 Å². The summed E-state index contributed by atoms with van der Waals surface area (Å²) in [7, 11) is 0. The maximum atomic E-state index is 11.9.